The number of methoxy groups -OCH3 is 2. The molecule has 0 unspecified atom stereocenters. The number of aliphatic imine (C=N–C) groups is 1. The van der Waals surface area contributed by atoms with Crippen LogP contribution < -0.4 is 20.1 Å². The number of nitrogens with zero attached hydrogens (tertiary/aromatic N) is 1. The number of para-hydroxylation sites is 1. The Morgan fingerprint density at radius 2 is 1.83 bits per heavy atom. The normalized spacial score (nSPS) is 10.6. The van der Waals surface area contributed by atoms with Gasteiger partial charge in [-0.05, 0) is 43.2 Å². The number of rotatable bonds is 10. The zero-order chi connectivity index (χ0) is 20.9. The maximum Gasteiger partial charge on any atom is 0.341 e. The molecule has 0 bridgehead atoms. The van der Waals surface area contributed by atoms with Gasteiger partial charge >= 0.3 is 5.97 Å². The Labute approximate surface area is 195 Å². The molecular weight excluding hydrogens is 497 g/mol. The van der Waals surface area contributed by atoms with Gasteiger partial charge in [0.2, 0.25) is 0 Å². The molecule has 0 amide bonds. The Morgan fingerprint density at radius 1 is 1.07 bits per heavy atom. The van der Waals surface area contributed by atoms with Gasteiger partial charge in [0, 0.05) is 13.1 Å². The molecule has 0 saturated carbocycles. The monoisotopic (exact) mass is 527 g/mol. The lowest BCUT2D eigenvalue weighted by atomic mass is 10.1. The van der Waals surface area contributed by atoms with Crippen LogP contribution in [0.3, 0.4) is 0 Å². The second kappa shape index (κ2) is 14.5. The molecule has 0 heterocycles. The summed E-state index contributed by atoms with van der Waals surface area (Å²) in [6, 6.07) is 15.1. The number of carbonyl (C=O) groups is 1. The first-order chi connectivity index (χ1) is 14.2. The van der Waals surface area contributed by atoms with E-state index in [0.29, 0.717) is 30.4 Å². The van der Waals surface area contributed by atoms with Crippen LogP contribution in [0.2, 0.25) is 0 Å². The van der Waals surface area contributed by atoms with Gasteiger partial charge in [-0.15, -0.1) is 24.0 Å². The largest absolute Gasteiger partial charge is 0.496 e. The van der Waals surface area contributed by atoms with E-state index in [4.69, 9.17) is 14.2 Å². The van der Waals surface area contributed by atoms with Crippen molar-refractivity contribution in [3.63, 3.8) is 0 Å². The van der Waals surface area contributed by atoms with Gasteiger partial charge in [-0.3, -0.25) is 0 Å². The fourth-order valence-electron chi connectivity index (χ4n) is 2.62. The SMILES string of the molecule is CCNC(=NCc1ccc(OC)c(C(=O)OC)c1)NCCCOc1ccccc1.I. The van der Waals surface area contributed by atoms with Crippen LogP contribution >= 0.6 is 24.0 Å². The predicted octanol–water partition coefficient (Wildman–Crippen LogP) is 3.62. The summed E-state index contributed by atoms with van der Waals surface area (Å²) in [5.41, 5.74) is 1.27. The maximum absolute atomic E-state index is 11.9. The van der Waals surface area contributed by atoms with Crippen molar-refractivity contribution in [3.05, 3.63) is 59.7 Å². The van der Waals surface area contributed by atoms with Gasteiger partial charge < -0.3 is 24.8 Å². The van der Waals surface area contributed by atoms with Crippen molar-refractivity contribution in [1.29, 1.82) is 0 Å². The lowest BCUT2D eigenvalue weighted by molar-refractivity contribution is 0.0597. The molecule has 8 heteroatoms. The third kappa shape index (κ3) is 8.48. The zero-order valence-corrected chi connectivity index (χ0v) is 20.0. The Hall–Kier alpha value is -2.49. The Balaban J connectivity index is 0.00000450. The first kappa shape index (κ1) is 25.5. The highest BCUT2D eigenvalue weighted by molar-refractivity contribution is 14.0. The Kier molecular flexibility index (Phi) is 12.3. The second-order valence-electron chi connectivity index (χ2n) is 6.16. The van der Waals surface area contributed by atoms with E-state index in [9.17, 15) is 4.79 Å². The topological polar surface area (TPSA) is 81.2 Å². The third-order valence-electron chi connectivity index (χ3n) is 4.06. The van der Waals surface area contributed by atoms with Crippen LogP contribution in [-0.2, 0) is 11.3 Å². The highest BCUT2D eigenvalue weighted by atomic mass is 127. The number of carbonyl (C=O) groups excluding carboxylic acids is 1. The number of nitrogens with one attached hydrogen (secondary N) is 2. The fraction of sp³-hybridized carbons (Fsp3) is 0.364. The summed E-state index contributed by atoms with van der Waals surface area (Å²) in [7, 11) is 2.87. The van der Waals surface area contributed by atoms with Crippen molar-refractivity contribution < 1.29 is 19.0 Å². The highest BCUT2D eigenvalue weighted by Crippen LogP contribution is 2.21. The molecule has 0 radical (unpaired) electrons. The molecule has 30 heavy (non-hydrogen) atoms. The quantitative estimate of drug-likeness (QED) is 0.162. The molecule has 0 fully saturated rings. The number of halogens is 1. The average molecular weight is 527 g/mol. The van der Waals surface area contributed by atoms with Crippen LogP contribution in [-0.4, -0.2) is 45.8 Å². The van der Waals surface area contributed by atoms with Crippen LogP contribution in [0, 0.1) is 0 Å². The molecule has 0 aliphatic rings. The Bertz CT molecular complexity index is 800. The van der Waals surface area contributed by atoms with E-state index in [2.05, 4.69) is 15.6 Å². The lowest BCUT2D eigenvalue weighted by Gasteiger charge is -2.12. The van der Waals surface area contributed by atoms with Crippen LogP contribution in [0.15, 0.2) is 53.5 Å². The van der Waals surface area contributed by atoms with Gasteiger partial charge in [0.25, 0.3) is 0 Å². The summed E-state index contributed by atoms with van der Waals surface area (Å²) in [5.74, 6) is 1.63. The number of benzene rings is 2. The molecule has 2 N–H and O–H groups in total. The summed E-state index contributed by atoms with van der Waals surface area (Å²) in [6.45, 7) is 4.54. The summed E-state index contributed by atoms with van der Waals surface area (Å²) >= 11 is 0. The molecule has 0 saturated heterocycles. The summed E-state index contributed by atoms with van der Waals surface area (Å²) in [5, 5.41) is 6.51. The lowest BCUT2D eigenvalue weighted by Crippen LogP contribution is -2.38. The molecule has 0 aliphatic heterocycles. The molecule has 0 aromatic heterocycles. The average Bonchev–Trinajstić information content (AvgIpc) is 2.77. The van der Waals surface area contributed by atoms with Crippen molar-refractivity contribution in [2.75, 3.05) is 33.9 Å². The molecule has 7 nitrogen and oxygen atoms in total. The van der Waals surface area contributed by atoms with Crippen molar-refractivity contribution >= 4 is 35.9 Å². The summed E-state index contributed by atoms with van der Waals surface area (Å²) in [6.07, 6.45) is 0.842. The molecule has 2 aromatic rings. The zero-order valence-electron chi connectivity index (χ0n) is 17.6. The standard InChI is InChI=1S/C22H29N3O4.HI/c1-4-23-22(24-13-8-14-29-18-9-6-5-7-10-18)25-16-17-11-12-20(27-2)19(15-17)21(26)28-3;/h5-7,9-12,15H,4,8,13-14,16H2,1-3H3,(H2,23,24,25);1H. The van der Waals surface area contributed by atoms with Crippen LogP contribution in [0.4, 0.5) is 0 Å². The van der Waals surface area contributed by atoms with E-state index < -0.39 is 5.97 Å². The molecule has 0 atom stereocenters. The van der Waals surface area contributed by atoms with Gasteiger partial charge in [0.05, 0.1) is 27.4 Å². The van der Waals surface area contributed by atoms with Crippen LogP contribution in [0.5, 0.6) is 11.5 Å². The minimum atomic E-state index is -0.434. The highest BCUT2D eigenvalue weighted by Gasteiger charge is 2.13. The summed E-state index contributed by atoms with van der Waals surface area (Å²) in [4.78, 5) is 16.5. The van der Waals surface area contributed by atoms with E-state index in [1.807, 2.05) is 43.3 Å². The van der Waals surface area contributed by atoms with E-state index in [1.54, 1.807) is 12.1 Å². The van der Waals surface area contributed by atoms with Gasteiger partial charge in [-0.25, -0.2) is 9.79 Å². The van der Waals surface area contributed by atoms with E-state index in [1.165, 1.54) is 14.2 Å². The third-order valence-corrected chi connectivity index (χ3v) is 4.06. The number of guanidine groups is 1. The number of ether oxygens (including phenoxy) is 3. The smallest absolute Gasteiger partial charge is 0.341 e. The van der Waals surface area contributed by atoms with Crippen molar-refractivity contribution in [2.24, 2.45) is 4.99 Å². The minimum absolute atomic E-state index is 0. The second-order valence-corrected chi connectivity index (χ2v) is 6.16. The van der Waals surface area contributed by atoms with E-state index >= 15 is 0 Å². The number of hydrogen-bond acceptors (Lipinski definition) is 5. The van der Waals surface area contributed by atoms with Crippen molar-refractivity contribution in [2.45, 2.75) is 19.9 Å². The van der Waals surface area contributed by atoms with Crippen molar-refractivity contribution in [1.82, 2.24) is 10.6 Å². The minimum Gasteiger partial charge on any atom is -0.496 e. The molecule has 2 aromatic carbocycles. The van der Waals surface area contributed by atoms with E-state index in [0.717, 1.165) is 30.8 Å². The molecule has 2 rings (SSSR count). The van der Waals surface area contributed by atoms with Gasteiger partial charge in [-0.2, -0.15) is 0 Å². The number of esters is 1. The maximum atomic E-state index is 11.9. The predicted molar refractivity (Wildman–Crippen MR) is 129 cm³/mol. The van der Waals surface area contributed by atoms with E-state index in [-0.39, 0.29) is 24.0 Å². The number of hydrogen-bond donors (Lipinski definition) is 2. The first-order valence-corrected chi connectivity index (χ1v) is 9.63. The van der Waals surface area contributed by atoms with Crippen LogP contribution in [0.25, 0.3) is 0 Å². The van der Waals surface area contributed by atoms with Crippen molar-refractivity contribution in [3.8, 4) is 11.5 Å². The Morgan fingerprint density at radius 3 is 2.50 bits per heavy atom. The molecular formula is C22H30IN3O4. The van der Waals surface area contributed by atoms with Gasteiger partial charge in [-0.1, -0.05) is 24.3 Å². The molecule has 0 spiro atoms. The van der Waals surface area contributed by atoms with Gasteiger partial charge in [0.15, 0.2) is 5.96 Å². The summed E-state index contributed by atoms with van der Waals surface area (Å²) < 4.78 is 15.7. The molecule has 0 aliphatic carbocycles. The van der Waals surface area contributed by atoms with Crippen LogP contribution in [0.1, 0.15) is 29.3 Å². The van der Waals surface area contributed by atoms with Gasteiger partial charge in [0.1, 0.15) is 17.1 Å². The first-order valence-electron chi connectivity index (χ1n) is 9.63. The fourth-order valence-corrected chi connectivity index (χ4v) is 2.62. The molecule has 164 valence electrons.